The number of rotatable bonds is 0. The van der Waals surface area contributed by atoms with E-state index in [4.69, 9.17) is 17.3 Å². The minimum Gasteiger partial charge on any atom is -0.394 e. The first kappa shape index (κ1) is 8.96. The average molecular weight is 211 g/mol. The number of nitrogens with zero attached hydrogens (tertiary/aromatic N) is 3. The highest BCUT2D eigenvalue weighted by Gasteiger charge is 2.07. The average Bonchev–Trinajstić information content (AvgIpc) is 2.17. The van der Waals surface area contributed by atoms with Gasteiger partial charge in [0.05, 0.1) is 11.1 Å². The van der Waals surface area contributed by atoms with Gasteiger partial charge in [0.2, 0.25) is 0 Å². The zero-order valence-corrected chi connectivity index (χ0v) is 8.12. The molecule has 0 atom stereocenters. The second-order valence-corrected chi connectivity index (χ2v) is 3.22. The van der Waals surface area contributed by atoms with Gasteiger partial charge in [-0.2, -0.15) is 0 Å². The number of hydrogen-bond acceptors (Lipinski definition) is 4. The summed E-state index contributed by atoms with van der Waals surface area (Å²) in [5.41, 5.74) is 5.84. The summed E-state index contributed by atoms with van der Waals surface area (Å²) in [6.07, 6.45) is 1.31. The number of nitrogens with two attached hydrogens (primary N) is 1. The van der Waals surface area contributed by atoms with Crippen LogP contribution in [0.4, 0.5) is 5.69 Å². The zero-order chi connectivity index (χ0) is 10.3. The molecule has 2 N–H and O–H groups in total. The Bertz CT molecular complexity index is 563. The van der Waals surface area contributed by atoms with Crippen molar-refractivity contribution in [1.82, 2.24) is 14.5 Å². The van der Waals surface area contributed by atoms with E-state index in [2.05, 4.69) is 9.97 Å². The van der Waals surface area contributed by atoms with E-state index in [9.17, 15) is 4.79 Å². The van der Waals surface area contributed by atoms with Crippen molar-refractivity contribution in [2.24, 2.45) is 7.05 Å². The van der Waals surface area contributed by atoms with E-state index in [-0.39, 0.29) is 16.4 Å². The Morgan fingerprint density at radius 1 is 1.50 bits per heavy atom. The first-order valence-corrected chi connectivity index (χ1v) is 4.25. The van der Waals surface area contributed by atoms with Crippen molar-refractivity contribution in [1.29, 1.82) is 0 Å². The number of pyridine rings is 1. The molecular weight excluding hydrogens is 204 g/mol. The molecule has 0 aliphatic heterocycles. The van der Waals surface area contributed by atoms with Gasteiger partial charge in [0.1, 0.15) is 17.1 Å². The third kappa shape index (κ3) is 1.13. The molecule has 2 rings (SSSR count). The number of fused-ring (bicyclic) bond motifs is 1. The lowest BCUT2D eigenvalue weighted by Crippen LogP contribution is -2.21. The second kappa shape index (κ2) is 2.95. The summed E-state index contributed by atoms with van der Waals surface area (Å²) in [6.45, 7) is 0. The van der Waals surface area contributed by atoms with E-state index in [1.54, 1.807) is 7.05 Å². The topological polar surface area (TPSA) is 73.8 Å². The molecule has 0 saturated heterocycles. The number of aryl methyl sites for hydroxylation is 1. The molecule has 6 heteroatoms. The summed E-state index contributed by atoms with van der Waals surface area (Å²) in [7, 11) is 1.59. The summed E-state index contributed by atoms with van der Waals surface area (Å²) in [5.74, 6) is 0. The van der Waals surface area contributed by atoms with Crippen LogP contribution in [0.3, 0.4) is 0 Å². The molecule has 0 unspecified atom stereocenters. The fourth-order valence-electron chi connectivity index (χ4n) is 1.26. The second-order valence-electron chi connectivity index (χ2n) is 2.87. The van der Waals surface area contributed by atoms with E-state index in [1.165, 1.54) is 17.0 Å². The van der Waals surface area contributed by atoms with Crippen molar-refractivity contribution < 1.29 is 0 Å². The minimum atomic E-state index is -0.285. The largest absolute Gasteiger partial charge is 0.394 e. The van der Waals surface area contributed by atoms with Crippen molar-refractivity contribution >= 4 is 28.3 Å². The standard InChI is InChI=1S/C8H7ClN4O/c1-13-7-4(2-5(10)8(13)14)6(9)11-3-12-7/h2-3H,10H2,1H3. The maximum absolute atomic E-state index is 11.4. The summed E-state index contributed by atoms with van der Waals surface area (Å²) in [4.78, 5) is 19.2. The maximum Gasteiger partial charge on any atom is 0.275 e. The molecule has 2 aromatic heterocycles. The molecule has 72 valence electrons. The first-order chi connectivity index (χ1) is 6.61. The molecular formula is C8H7ClN4O. The molecule has 2 aromatic rings. The summed E-state index contributed by atoms with van der Waals surface area (Å²) >= 11 is 5.83. The lowest BCUT2D eigenvalue weighted by atomic mass is 10.3. The van der Waals surface area contributed by atoms with Crippen LogP contribution in [0.5, 0.6) is 0 Å². The van der Waals surface area contributed by atoms with E-state index in [0.717, 1.165) is 0 Å². The molecule has 0 aliphatic rings. The van der Waals surface area contributed by atoms with Crippen LogP contribution in [0.2, 0.25) is 5.15 Å². The van der Waals surface area contributed by atoms with Crippen molar-refractivity contribution in [3.63, 3.8) is 0 Å². The molecule has 0 radical (unpaired) electrons. The first-order valence-electron chi connectivity index (χ1n) is 3.87. The van der Waals surface area contributed by atoms with Crippen LogP contribution < -0.4 is 11.3 Å². The van der Waals surface area contributed by atoms with Crippen LogP contribution in [-0.2, 0) is 7.05 Å². The van der Waals surface area contributed by atoms with Crippen LogP contribution in [0, 0.1) is 0 Å². The Labute approximate surface area is 84.2 Å². The fourth-order valence-corrected chi connectivity index (χ4v) is 1.45. The maximum atomic E-state index is 11.4. The Morgan fingerprint density at radius 3 is 2.93 bits per heavy atom. The number of halogens is 1. The smallest absolute Gasteiger partial charge is 0.275 e. The molecule has 0 bridgehead atoms. The summed E-state index contributed by atoms with van der Waals surface area (Å²) in [5, 5.41) is 0.867. The third-order valence-electron chi connectivity index (χ3n) is 1.98. The normalized spacial score (nSPS) is 10.7. The van der Waals surface area contributed by atoms with Crippen molar-refractivity contribution in [3.05, 3.63) is 27.9 Å². The predicted octanol–water partition coefficient (Wildman–Crippen LogP) is 0.564. The zero-order valence-electron chi connectivity index (χ0n) is 7.36. The predicted molar refractivity (Wildman–Crippen MR) is 54.2 cm³/mol. The van der Waals surface area contributed by atoms with Gasteiger partial charge in [-0.1, -0.05) is 11.6 Å². The third-order valence-corrected chi connectivity index (χ3v) is 2.28. The Balaban J connectivity index is 3.06. The van der Waals surface area contributed by atoms with Gasteiger partial charge in [0.15, 0.2) is 0 Å². The molecule has 0 amide bonds. The van der Waals surface area contributed by atoms with E-state index in [0.29, 0.717) is 11.0 Å². The Morgan fingerprint density at radius 2 is 2.21 bits per heavy atom. The van der Waals surface area contributed by atoms with Gasteiger partial charge in [0.25, 0.3) is 5.56 Å². The van der Waals surface area contributed by atoms with E-state index in [1.807, 2.05) is 0 Å². The molecule has 2 heterocycles. The van der Waals surface area contributed by atoms with Crippen molar-refractivity contribution in [3.8, 4) is 0 Å². The van der Waals surface area contributed by atoms with Crippen molar-refractivity contribution in [2.45, 2.75) is 0 Å². The Kier molecular flexibility index (Phi) is 1.89. The molecule has 0 fully saturated rings. The number of aromatic nitrogens is 3. The molecule has 0 aromatic carbocycles. The summed E-state index contributed by atoms with van der Waals surface area (Å²) < 4.78 is 1.35. The lowest BCUT2D eigenvalue weighted by molar-refractivity contribution is 0.887. The van der Waals surface area contributed by atoms with Gasteiger partial charge in [-0.25, -0.2) is 9.97 Å². The quantitative estimate of drug-likeness (QED) is 0.645. The van der Waals surface area contributed by atoms with Crippen LogP contribution >= 0.6 is 11.6 Å². The highest BCUT2D eigenvalue weighted by atomic mass is 35.5. The molecule has 0 aliphatic carbocycles. The monoisotopic (exact) mass is 210 g/mol. The molecule has 0 spiro atoms. The number of hydrogen-bond donors (Lipinski definition) is 1. The van der Waals surface area contributed by atoms with Crippen LogP contribution in [-0.4, -0.2) is 14.5 Å². The number of nitrogen functional groups attached to an aromatic ring is 1. The fraction of sp³-hybridized carbons (Fsp3) is 0.125. The van der Waals surface area contributed by atoms with E-state index >= 15 is 0 Å². The SMILES string of the molecule is Cn1c(=O)c(N)cc2c(Cl)ncnc21. The van der Waals surface area contributed by atoms with Crippen LogP contribution in [0.1, 0.15) is 0 Å². The highest BCUT2D eigenvalue weighted by molar-refractivity contribution is 6.33. The molecule has 14 heavy (non-hydrogen) atoms. The summed E-state index contributed by atoms with van der Waals surface area (Å²) in [6, 6.07) is 1.49. The van der Waals surface area contributed by atoms with Gasteiger partial charge in [0, 0.05) is 7.05 Å². The van der Waals surface area contributed by atoms with E-state index < -0.39 is 0 Å². The van der Waals surface area contributed by atoms with Gasteiger partial charge in [-0.3, -0.25) is 9.36 Å². The van der Waals surface area contributed by atoms with Gasteiger partial charge in [-0.15, -0.1) is 0 Å². The van der Waals surface area contributed by atoms with Crippen LogP contribution in [0.15, 0.2) is 17.2 Å². The number of anilines is 1. The minimum absolute atomic E-state index is 0.136. The van der Waals surface area contributed by atoms with Crippen LogP contribution in [0.25, 0.3) is 11.0 Å². The Hall–Kier alpha value is -1.62. The van der Waals surface area contributed by atoms with Crippen molar-refractivity contribution in [2.75, 3.05) is 5.73 Å². The van der Waals surface area contributed by atoms with Gasteiger partial charge >= 0.3 is 0 Å². The van der Waals surface area contributed by atoms with Gasteiger partial charge in [-0.05, 0) is 6.07 Å². The highest BCUT2D eigenvalue weighted by Crippen LogP contribution is 2.18. The van der Waals surface area contributed by atoms with Gasteiger partial charge < -0.3 is 5.73 Å². The lowest BCUT2D eigenvalue weighted by Gasteiger charge is -2.05. The molecule has 5 nitrogen and oxygen atoms in total. The molecule has 0 saturated carbocycles.